The van der Waals surface area contributed by atoms with Crippen LogP contribution < -0.4 is 5.32 Å². The van der Waals surface area contributed by atoms with Gasteiger partial charge in [-0.1, -0.05) is 45.7 Å². The van der Waals surface area contributed by atoms with Crippen molar-refractivity contribution in [1.82, 2.24) is 4.98 Å². The van der Waals surface area contributed by atoms with Crippen molar-refractivity contribution in [2.45, 2.75) is 0 Å². The molecule has 0 aliphatic carbocycles. The molecule has 1 N–H and O–H groups in total. The Labute approximate surface area is 208 Å². The molecule has 3 aromatic carbocycles. The summed E-state index contributed by atoms with van der Waals surface area (Å²) in [4.78, 5) is 27.8. The first kappa shape index (κ1) is 22.6. The maximum Gasteiger partial charge on any atom is 0.288 e. The Morgan fingerprint density at radius 1 is 1.16 bits per heavy atom. The SMILES string of the molecule is O=C(/C=C/c1ccc(Cl)c([N+](=O)[O-])c1)Nc1c(Br)cc(Br)cc1-c1nc2ccccc2s1. The number of rotatable bonds is 5. The van der Waals surface area contributed by atoms with E-state index < -0.39 is 10.8 Å². The monoisotopic (exact) mass is 591 g/mol. The van der Waals surface area contributed by atoms with Crippen LogP contribution >= 0.6 is 54.8 Å². The molecular weight excluding hydrogens is 582 g/mol. The Balaban J connectivity index is 1.64. The Kier molecular flexibility index (Phi) is 6.71. The summed E-state index contributed by atoms with van der Waals surface area (Å²) in [6.45, 7) is 0. The maximum atomic E-state index is 12.7. The number of carbonyl (C=O) groups excluding carboxylic acids is 1. The molecule has 0 aliphatic rings. The molecule has 4 aromatic rings. The normalized spacial score (nSPS) is 11.2. The van der Waals surface area contributed by atoms with Crippen LogP contribution in [0.3, 0.4) is 0 Å². The van der Waals surface area contributed by atoms with Gasteiger partial charge in [-0.15, -0.1) is 11.3 Å². The van der Waals surface area contributed by atoms with Crippen LogP contribution in [-0.2, 0) is 4.79 Å². The predicted molar refractivity (Wildman–Crippen MR) is 136 cm³/mol. The highest BCUT2D eigenvalue weighted by Gasteiger charge is 2.16. The van der Waals surface area contributed by atoms with Gasteiger partial charge in [-0.05, 0) is 57.9 Å². The van der Waals surface area contributed by atoms with E-state index in [1.165, 1.54) is 35.6 Å². The minimum Gasteiger partial charge on any atom is -0.321 e. The highest BCUT2D eigenvalue weighted by Crippen LogP contribution is 2.40. The summed E-state index contributed by atoms with van der Waals surface area (Å²) in [5, 5.41) is 14.7. The molecule has 4 rings (SSSR count). The molecule has 32 heavy (non-hydrogen) atoms. The van der Waals surface area contributed by atoms with E-state index in [4.69, 9.17) is 16.6 Å². The molecular formula is C22H12Br2ClN3O3S. The molecule has 1 amide bonds. The third-order valence-electron chi connectivity index (χ3n) is 4.42. The highest BCUT2D eigenvalue weighted by molar-refractivity contribution is 9.11. The summed E-state index contributed by atoms with van der Waals surface area (Å²) in [6.07, 6.45) is 2.80. The third kappa shape index (κ3) is 4.91. The fraction of sp³-hybridized carbons (Fsp3) is 0. The summed E-state index contributed by atoms with van der Waals surface area (Å²) < 4.78 is 2.56. The molecule has 0 radical (unpaired) electrons. The van der Waals surface area contributed by atoms with Crippen molar-refractivity contribution in [3.63, 3.8) is 0 Å². The quantitative estimate of drug-likeness (QED) is 0.146. The molecule has 6 nitrogen and oxygen atoms in total. The molecule has 0 spiro atoms. The summed E-state index contributed by atoms with van der Waals surface area (Å²) in [7, 11) is 0. The first-order valence-electron chi connectivity index (χ1n) is 9.10. The second-order valence-electron chi connectivity index (χ2n) is 6.59. The Bertz CT molecular complexity index is 1370. The zero-order chi connectivity index (χ0) is 22.8. The average molecular weight is 594 g/mol. The lowest BCUT2D eigenvalue weighted by Gasteiger charge is -2.11. The van der Waals surface area contributed by atoms with E-state index in [2.05, 4.69) is 37.2 Å². The van der Waals surface area contributed by atoms with Crippen molar-refractivity contribution < 1.29 is 9.72 Å². The number of thiazole rings is 1. The molecule has 1 aromatic heterocycles. The number of hydrogen-bond acceptors (Lipinski definition) is 5. The third-order valence-corrected chi connectivity index (χ3v) is 6.89. The number of nitrogens with one attached hydrogen (secondary N) is 1. The number of nitro benzene ring substituents is 1. The van der Waals surface area contributed by atoms with Gasteiger partial charge < -0.3 is 5.32 Å². The number of hydrogen-bond donors (Lipinski definition) is 1. The fourth-order valence-electron chi connectivity index (χ4n) is 2.97. The minimum atomic E-state index is -0.567. The lowest BCUT2D eigenvalue weighted by molar-refractivity contribution is -0.384. The van der Waals surface area contributed by atoms with Gasteiger partial charge in [-0.2, -0.15) is 0 Å². The molecule has 0 saturated heterocycles. The highest BCUT2D eigenvalue weighted by atomic mass is 79.9. The van der Waals surface area contributed by atoms with Crippen molar-refractivity contribution >= 4 is 88.4 Å². The topological polar surface area (TPSA) is 85.1 Å². The standard InChI is InChI=1S/C22H12Br2ClN3O3S/c23-13-10-14(22-26-17-3-1-2-4-19(17)32-22)21(15(24)11-13)27-20(29)8-6-12-5-7-16(25)18(9-12)28(30)31/h1-11H,(H,27,29)/b8-6+. The number of amides is 1. The van der Waals surface area contributed by atoms with Gasteiger partial charge in [0.25, 0.3) is 5.69 Å². The maximum absolute atomic E-state index is 12.7. The van der Waals surface area contributed by atoms with Gasteiger partial charge >= 0.3 is 0 Å². The van der Waals surface area contributed by atoms with Crippen LogP contribution in [-0.4, -0.2) is 15.8 Å². The van der Waals surface area contributed by atoms with Crippen LogP contribution in [0, 0.1) is 10.1 Å². The van der Waals surface area contributed by atoms with Gasteiger partial charge in [-0.25, -0.2) is 4.98 Å². The van der Waals surface area contributed by atoms with Crippen LogP contribution in [0.15, 0.2) is 69.6 Å². The molecule has 0 fully saturated rings. The number of para-hydroxylation sites is 1. The van der Waals surface area contributed by atoms with E-state index >= 15 is 0 Å². The van der Waals surface area contributed by atoms with E-state index in [9.17, 15) is 14.9 Å². The molecule has 0 bridgehead atoms. The first-order valence-corrected chi connectivity index (χ1v) is 11.9. The van der Waals surface area contributed by atoms with E-state index in [1.54, 1.807) is 6.07 Å². The summed E-state index contributed by atoms with van der Waals surface area (Å²) in [6, 6.07) is 15.9. The van der Waals surface area contributed by atoms with Crippen molar-refractivity contribution in [2.24, 2.45) is 0 Å². The predicted octanol–water partition coefficient (Wildman–Crippen LogP) is 7.70. The number of benzene rings is 3. The Hall–Kier alpha value is -2.59. The van der Waals surface area contributed by atoms with E-state index in [0.717, 1.165) is 25.3 Å². The van der Waals surface area contributed by atoms with Gasteiger partial charge in [0, 0.05) is 26.7 Å². The number of fused-ring (bicyclic) bond motifs is 1. The second-order valence-corrected chi connectivity index (χ2v) is 9.80. The number of carbonyl (C=O) groups is 1. The van der Waals surface area contributed by atoms with Crippen molar-refractivity contribution in [3.8, 4) is 10.6 Å². The molecule has 0 saturated carbocycles. The van der Waals surface area contributed by atoms with Crippen LogP contribution in [0.25, 0.3) is 26.9 Å². The molecule has 10 heteroatoms. The van der Waals surface area contributed by atoms with Gasteiger partial charge in [0.1, 0.15) is 10.0 Å². The van der Waals surface area contributed by atoms with E-state index in [-0.39, 0.29) is 10.7 Å². The zero-order valence-corrected chi connectivity index (χ0v) is 20.8. The largest absolute Gasteiger partial charge is 0.321 e. The lowest BCUT2D eigenvalue weighted by atomic mass is 10.1. The zero-order valence-electron chi connectivity index (χ0n) is 16.0. The number of nitrogens with zero attached hydrogens (tertiary/aromatic N) is 2. The molecule has 0 aliphatic heterocycles. The summed E-state index contributed by atoms with van der Waals surface area (Å²) in [5.74, 6) is -0.395. The van der Waals surface area contributed by atoms with Crippen LogP contribution in [0.5, 0.6) is 0 Å². The van der Waals surface area contributed by atoms with Gasteiger partial charge in [-0.3, -0.25) is 14.9 Å². The number of nitro groups is 1. The molecule has 0 atom stereocenters. The smallest absolute Gasteiger partial charge is 0.288 e. The van der Waals surface area contributed by atoms with Crippen LogP contribution in [0.4, 0.5) is 11.4 Å². The minimum absolute atomic E-state index is 0.0378. The fourth-order valence-corrected chi connectivity index (χ4v) is 5.47. The number of anilines is 1. The molecule has 0 unspecified atom stereocenters. The number of halogens is 3. The molecule has 160 valence electrons. The Morgan fingerprint density at radius 3 is 2.69 bits per heavy atom. The van der Waals surface area contributed by atoms with E-state index in [0.29, 0.717) is 15.7 Å². The molecule has 1 heterocycles. The van der Waals surface area contributed by atoms with E-state index in [1.807, 2.05) is 36.4 Å². The second kappa shape index (κ2) is 9.50. The van der Waals surface area contributed by atoms with Crippen molar-refractivity contribution in [2.75, 3.05) is 5.32 Å². The van der Waals surface area contributed by atoms with Gasteiger partial charge in [0.2, 0.25) is 5.91 Å². The average Bonchev–Trinajstić information content (AvgIpc) is 3.18. The summed E-state index contributed by atoms with van der Waals surface area (Å²) >= 11 is 14.4. The summed E-state index contributed by atoms with van der Waals surface area (Å²) in [5.41, 5.74) is 2.48. The van der Waals surface area contributed by atoms with Crippen LogP contribution in [0.2, 0.25) is 5.02 Å². The van der Waals surface area contributed by atoms with Crippen molar-refractivity contribution in [3.05, 3.63) is 90.3 Å². The van der Waals surface area contributed by atoms with Gasteiger partial charge in [0.05, 0.1) is 20.8 Å². The Morgan fingerprint density at radius 2 is 1.94 bits per heavy atom. The van der Waals surface area contributed by atoms with Crippen LogP contribution in [0.1, 0.15) is 5.56 Å². The first-order chi connectivity index (χ1) is 15.3. The number of aromatic nitrogens is 1. The lowest BCUT2D eigenvalue weighted by Crippen LogP contribution is -2.09. The van der Waals surface area contributed by atoms with Gasteiger partial charge in [0.15, 0.2) is 0 Å². The van der Waals surface area contributed by atoms with Crippen molar-refractivity contribution in [1.29, 1.82) is 0 Å².